The predicted molar refractivity (Wildman–Crippen MR) is 123 cm³/mol. The molecule has 0 aliphatic rings. The van der Waals surface area contributed by atoms with E-state index in [9.17, 15) is 26.8 Å². The van der Waals surface area contributed by atoms with Gasteiger partial charge in [0.2, 0.25) is 15.9 Å². The first-order valence-corrected chi connectivity index (χ1v) is 12.5. The first-order chi connectivity index (χ1) is 15.0. The summed E-state index contributed by atoms with van der Waals surface area (Å²) in [4.78, 5) is 24.4. The van der Waals surface area contributed by atoms with Crippen molar-refractivity contribution in [1.82, 2.24) is 4.57 Å². The van der Waals surface area contributed by atoms with Crippen LogP contribution in [0.2, 0.25) is 0 Å². The van der Waals surface area contributed by atoms with Gasteiger partial charge < -0.3 is 5.32 Å². The number of nitrogens with one attached hydrogen (secondary N) is 1. The van der Waals surface area contributed by atoms with E-state index in [1.807, 2.05) is 13.8 Å². The fourth-order valence-electron chi connectivity index (χ4n) is 3.34. The topological polar surface area (TPSA) is 88.5 Å². The lowest BCUT2D eigenvalue weighted by molar-refractivity contribution is -0.116. The first kappa shape index (κ1) is 23.9. The summed E-state index contributed by atoms with van der Waals surface area (Å²) in [5.41, 5.74) is 1.31. The highest BCUT2D eigenvalue weighted by atomic mass is 32.2. The first-order valence-electron chi connectivity index (χ1n) is 9.85. The van der Waals surface area contributed by atoms with Crippen molar-refractivity contribution in [2.75, 3.05) is 22.4 Å². The van der Waals surface area contributed by atoms with Crippen LogP contribution >= 0.6 is 11.3 Å². The maximum atomic E-state index is 13.5. The molecule has 0 fully saturated rings. The monoisotopic (exact) mass is 483 g/mol. The second-order valence-electron chi connectivity index (χ2n) is 7.60. The summed E-state index contributed by atoms with van der Waals surface area (Å²) in [7, 11) is -3.76. The summed E-state index contributed by atoms with van der Waals surface area (Å²) in [5, 5.41) is 2.74. The van der Waals surface area contributed by atoms with E-state index in [-0.39, 0.29) is 41.9 Å². The van der Waals surface area contributed by atoms with Crippen LogP contribution in [0.4, 0.5) is 20.2 Å². The largest absolute Gasteiger partial charge is 0.326 e. The highest BCUT2D eigenvalue weighted by Crippen LogP contribution is 2.25. The SMILES string of the molecule is CC(C)n1c(=O)sc2cc(NC(=O)CCCN(c3ccc(F)c(F)c3)S(C)(=O)=O)ccc21. The van der Waals surface area contributed by atoms with Crippen molar-refractivity contribution in [3.63, 3.8) is 0 Å². The van der Waals surface area contributed by atoms with Gasteiger partial charge in [0.25, 0.3) is 0 Å². The van der Waals surface area contributed by atoms with Gasteiger partial charge >= 0.3 is 4.87 Å². The molecule has 7 nitrogen and oxygen atoms in total. The number of carbonyl (C=O) groups is 1. The van der Waals surface area contributed by atoms with Gasteiger partial charge in [-0.05, 0) is 50.6 Å². The molecule has 1 N–H and O–H groups in total. The van der Waals surface area contributed by atoms with E-state index in [0.29, 0.717) is 5.69 Å². The van der Waals surface area contributed by atoms with Crippen LogP contribution in [0.15, 0.2) is 41.2 Å². The molecule has 0 bridgehead atoms. The molecule has 3 rings (SSSR count). The molecule has 32 heavy (non-hydrogen) atoms. The minimum Gasteiger partial charge on any atom is -0.326 e. The minimum atomic E-state index is -3.76. The maximum absolute atomic E-state index is 13.5. The second kappa shape index (κ2) is 9.37. The van der Waals surface area contributed by atoms with Gasteiger partial charge in [-0.3, -0.25) is 18.5 Å². The molecule has 1 amide bonds. The Labute approximate surface area is 188 Å². The van der Waals surface area contributed by atoms with E-state index in [1.54, 1.807) is 22.8 Å². The summed E-state index contributed by atoms with van der Waals surface area (Å²) < 4.78 is 54.2. The number of sulfonamides is 1. The molecule has 0 spiro atoms. The highest BCUT2D eigenvalue weighted by Gasteiger charge is 2.19. The normalized spacial score (nSPS) is 11.8. The number of halogens is 2. The molecule has 172 valence electrons. The van der Waals surface area contributed by atoms with Gasteiger partial charge in [0.1, 0.15) is 0 Å². The molecular formula is C21H23F2N3O4S2. The average molecular weight is 484 g/mol. The van der Waals surface area contributed by atoms with Crippen molar-refractivity contribution in [2.24, 2.45) is 0 Å². The Balaban J connectivity index is 1.66. The molecule has 0 saturated carbocycles. The molecule has 1 heterocycles. The van der Waals surface area contributed by atoms with E-state index in [4.69, 9.17) is 0 Å². The minimum absolute atomic E-state index is 0.0109. The number of aromatic nitrogens is 1. The quantitative estimate of drug-likeness (QED) is 0.522. The third-order valence-electron chi connectivity index (χ3n) is 4.77. The number of hydrogen-bond acceptors (Lipinski definition) is 5. The molecule has 2 aromatic carbocycles. The van der Waals surface area contributed by atoms with Crippen LogP contribution in [0, 0.1) is 11.6 Å². The lowest BCUT2D eigenvalue weighted by Gasteiger charge is -2.22. The molecular weight excluding hydrogens is 460 g/mol. The van der Waals surface area contributed by atoms with Crippen LogP contribution in [-0.4, -0.2) is 31.7 Å². The fraction of sp³-hybridized carbons (Fsp3) is 0.333. The van der Waals surface area contributed by atoms with Crippen LogP contribution in [-0.2, 0) is 14.8 Å². The second-order valence-corrected chi connectivity index (χ2v) is 10.5. The van der Waals surface area contributed by atoms with Crippen molar-refractivity contribution in [1.29, 1.82) is 0 Å². The molecule has 0 radical (unpaired) electrons. The molecule has 0 atom stereocenters. The number of carbonyl (C=O) groups excluding carboxylic acids is 1. The van der Waals surface area contributed by atoms with E-state index in [2.05, 4.69) is 5.32 Å². The summed E-state index contributed by atoms with van der Waals surface area (Å²) in [6, 6.07) is 8.05. The molecule has 0 aliphatic heterocycles. The van der Waals surface area contributed by atoms with E-state index >= 15 is 0 Å². The van der Waals surface area contributed by atoms with E-state index in [0.717, 1.165) is 44.2 Å². The van der Waals surface area contributed by atoms with Crippen LogP contribution in [0.3, 0.4) is 0 Å². The predicted octanol–water partition coefficient (Wildman–Crippen LogP) is 4.11. The van der Waals surface area contributed by atoms with Gasteiger partial charge in [-0.25, -0.2) is 17.2 Å². The Kier molecular flexibility index (Phi) is 6.99. The summed E-state index contributed by atoms with van der Waals surface area (Å²) in [5.74, 6) is -2.57. The Bertz CT molecular complexity index is 1320. The third kappa shape index (κ3) is 5.33. The molecule has 0 aliphatic carbocycles. The van der Waals surface area contributed by atoms with Crippen molar-refractivity contribution in [2.45, 2.75) is 32.7 Å². The number of nitrogens with zero attached hydrogens (tertiary/aromatic N) is 2. The Morgan fingerprint density at radius 3 is 2.50 bits per heavy atom. The lowest BCUT2D eigenvalue weighted by atomic mass is 10.2. The van der Waals surface area contributed by atoms with Crippen LogP contribution in [0.5, 0.6) is 0 Å². The van der Waals surface area contributed by atoms with Crippen LogP contribution in [0.25, 0.3) is 10.2 Å². The lowest BCUT2D eigenvalue weighted by Crippen LogP contribution is -2.31. The summed E-state index contributed by atoms with van der Waals surface area (Å²) >= 11 is 1.10. The number of thiazole rings is 1. The zero-order valence-corrected chi connectivity index (χ0v) is 19.4. The number of fused-ring (bicyclic) bond motifs is 1. The van der Waals surface area contributed by atoms with E-state index in [1.165, 1.54) is 6.07 Å². The van der Waals surface area contributed by atoms with Crippen LogP contribution < -0.4 is 14.5 Å². The smallest absolute Gasteiger partial charge is 0.308 e. The number of benzene rings is 2. The van der Waals surface area contributed by atoms with E-state index < -0.39 is 21.7 Å². The summed E-state index contributed by atoms with van der Waals surface area (Å²) in [6.45, 7) is 3.77. The summed E-state index contributed by atoms with van der Waals surface area (Å²) in [6.07, 6.45) is 1.13. The molecule has 3 aromatic rings. The van der Waals surface area contributed by atoms with Crippen molar-refractivity contribution in [3.8, 4) is 0 Å². The Morgan fingerprint density at radius 1 is 1.16 bits per heavy atom. The highest BCUT2D eigenvalue weighted by molar-refractivity contribution is 7.92. The van der Waals surface area contributed by atoms with Crippen molar-refractivity contribution >= 4 is 48.9 Å². The zero-order valence-electron chi connectivity index (χ0n) is 17.8. The van der Waals surface area contributed by atoms with Gasteiger partial charge in [0.15, 0.2) is 11.6 Å². The molecule has 0 unspecified atom stereocenters. The average Bonchev–Trinajstić information content (AvgIpc) is 3.01. The fourth-order valence-corrected chi connectivity index (χ4v) is 5.35. The van der Waals surface area contributed by atoms with Gasteiger partial charge in [-0.1, -0.05) is 11.3 Å². The zero-order chi connectivity index (χ0) is 23.6. The number of rotatable bonds is 8. The number of amides is 1. The number of anilines is 2. The van der Waals surface area contributed by atoms with Crippen LogP contribution in [0.1, 0.15) is 32.7 Å². The molecule has 1 aromatic heterocycles. The van der Waals surface area contributed by atoms with Gasteiger partial charge in [0, 0.05) is 30.8 Å². The Hall–Kier alpha value is -2.79. The molecule has 11 heteroatoms. The van der Waals surface area contributed by atoms with Gasteiger partial charge in [-0.2, -0.15) is 0 Å². The van der Waals surface area contributed by atoms with Gasteiger partial charge in [-0.15, -0.1) is 0 Å². The Morgan fingerprint density at radius 2 is 1.88 bits per heavy atom. The molecule has 0 saturated heterocycles. The number of hydrogen-bond donors (Lipinski definition) is 1. The maximum Gasteiger partial charge on any atom is 0.308 e. The standard InChI is InChI=1S/C21H23F2N3O4S2/c1-13(2)26-18-9-6-14(11-19(18)31-21(26)28)24-20(27)5-4-10-25(32(3,29)30)15-7-8-16(22)17(23)12-15/h6-9,11-13H,4-5,10H2,1-3H3,(H,24,27). The van der Waals surface area contributed by atoms with Crippen molar-refractivity contribution < 1.29 is 22.0 Å². The van der Waals surface area contributed by atoms with Crippen molar-refractivity contribution in [3.05, 3.63) is 57.7 Å². The van der Waals surface area contributed by atoms with Gasteiger partial charge in [0.05, 0.1) is 22.2 Å². The third-order valence-corrected chi connectivity index (χ3v) is 6.88.